The summed E-state index contributed by atoms with van der Waals surface area (Å²) in [5.74, 6) is 0.910. The lowest BCUT2D eigenvalue weighted by Gasteiger charge is -2.04. The summed E-state index contributed by atoms with van der Waals surface area (Å²) in [4.78, 5) is 4.12. The van der Waals surface area contributed by atoms with Crippen molar-refractivity contribution in [2.24, 2.45) is 12.0 Å². The lowest BCUT2D eigenvalue weighted by Crippen LogP contribution is -2.27. The Labute approximate surface area is 99.8 Å². The van der Waals surface area contributed by atoms with Gasteiger partial charge < -0.3 is 0 Å². The molecule has 82 valence electrons. The van der Waals surface area contributed by atoms with Crippen molar-refractivity contribution in [1.82, 2.24) is 0 Å². The molecule has 0 aliphatic rings. The van der Waals surface area contributed by atoms with Crippen molar-refractivity contribution >= 4 is 34.1 Å². The van der Waals surface area contributed by atoms with Crippen molar-refractivity contribution in [3.8, 4) is 0 Å². The van der Waals surface area contributed by atoms with E-state index < -0.39 is 0 Å². The molecule has 2 nitrogen and oxygen atoms in total. The van der Waals surface area contributed by atoms with E-state index in [0.717, 1.165) is 11.2 Å². The second-order valence-electron chi connectivity index (χ2n) is 4.16. The van der Waals surface area contributed by atoms with Crippen LogP contribution in [-0.2, 0) is 7.05 Å². The average Bonchev–Trinajstić information content (AvgIpc) is 2.38. The Morgan fingerprint density at radius 2 is 1.76 bits per heavy atom. The van der Waals surface area contributed by atoms with Crippen molar-refractivity contribution in [2.45, 2.75) is 0 Å². The fourth-order valence-electron chi connectivity index (χ4n) is 2.31. The number of fused-ring (bicyclic) bond motifs is 3. The van der Waals surface area contributed by atoms with E-state index in [1.54, 1.807) is 0 Å². The van der Waals surface area contributed by atoms with E-state index in [1.165, 1.54) is 16.2 Å². The highest BCUT2D eigenvalue weighted by molar-refractivity contribution is 6.09. The molecule has 1 aromatic heterocycles. The van der Waals surface area contributed by atoms with Gasteiger partial charge in [0.25, 0.3) is 0 Å². The van der Waals surface area contributed by atoms with Gasteiger partial charge in [-0.2, -0.15) is 0 Å². The van der Waals surface area contributed by atoms with E-state index in [0.29, 0.717) is 0 Å². The number of hydrogen-bond acceptors (Lipinski definition) is 1. The Morgan fingerprint density at radius 3 is 2.59 bits per heavy atom. The minimum Gasteiger partial charge on any atom is -0.233 e. The van der Waals surface area contributed by atoms with Crippen LogP contribution in [0.3, 0.4) is 0 Å². The minimum absolute atomic E-state index is 0.910. The van der Waals surface area contributed by atoms with Crippen LogP contribution in [0, 0.1) is 0 Å². The second kappa shape index (κ2) is 3.67. The van der Waals surface area contributed by atoms with Crippen LogP contribution in [0.25, 0.3) is 21.5 Å². The molecule has 3 rings (SSSR count). The number of aliphatic imine (C=N–C) groups is 1. The van der Waals surface area contributed by atoms with Crippen LogP contribution in [0.1, 0.15) is 0 Å². The molecule has 2 aromatic carbocycles. The summed E-state index contributed by atoms with van der Waals surface area (Å²) in [6.45, 7) is 3.65. The lowest BCUT2D eigenvalue weighted by molar-refractivity contribution is -0.657. The first-order valence-corrected chi connectivity index (χ1v) is 5.58. The third kappa shape index (κ3) is 1.41. The molecule has 0 unspecified atom stereocenters. The van der Waals surface area contributed by atoms with Gasteiger partial charge in [0.05, 0.1) is 18.6 Å². The van der Waals surface area contributed by atoms with Crippen LogP contribution in [0.4, 0.5) is 5.82 Å². The molecule has 0 aliphatic heterocycles. The Hall–Kier alpha value is -2.22. The summed E-state index contributed by atoms with van der Waals surface area (Å²) < 4.78 is 1.99. The molecular formula is C15H13N2+. The topological polar surface area (TPSA) is 16.2 Å². The predicted octanol–water partition coefficient (Wildman–Crippen LogP) is 3.15. The molecule has 0 bridgehead atoms. The van der Waals surface area contributed by atoms with Gasteiger partial charge in [-0.15, -0.1) is 0 Å². The molecule has 17 heavy (non-hydrogen) atoms. The Bertz CT molecular complexity index is 729. The standard InChI is InChI=1S/C15H13N2/c1-16-15-14-8-7-11-5-3-4-6-12(11)13(14)9-10-17(15)2/h3-10H,1H2,2H3/q+1. The van der Waals surface area contributed by atoms with Crippen LogP contribution in [0.2, 0.25) is 0 Å². The number of pyridine rings is 1. The predicted molar refractivity (Wildman–Crippen MR) is 71.8 cm³/mol. The van der Waals surface area contributed by atoms with Crippen molar-refractivity contribution in [3.05, 3.63) is 48.7 Å². The van der Waals surface area contributed by atoms with Crippen LogP contribution >= 0.6 is 0 Å². The van der Waals surface area contributed by atoms with Crippen LogP contribution in [-0.4, -0.2) is 6.72 Å². The Morgan fingerprint density at radius 1 is 0.941 bits per heavy atom. The monoisotopic (exact) mass is 221 g/mol. The molecule has 0 saturated carbocycles. The molecule has 0 amide bonds. The highest BCUT2D eigenvalue weighted by atomic mass is 15.0. The smallest absolute Gasteiger partial charge is 0.233 e. The van der Waals surface area contributed by atoms with Crippen molar-refractivity contribution in [3.63, 3.8) is 0 Å². The molecule has 3 aromatic rings. The molecule has 0 radical (unpaired) electrons. The fraction of sp³-hybridized carbons (Fsp3) is 0.0667. The molecule has 0 spiro atoms. The van der Waals surface area contributed by atoms with Crippen LogP contribution < -0.4 is 4.57 Å². The molecule has 0 N–H and O–H groups in total. The first-order chi connectivity index (χ1) is 8.31. The van der Waals surface area contributed by atoms with Gasteiger partial charge in [-0.3, -0.25) is 0 Å². The highest BCUT2D eigenvalue weighted by Crippen LogP contribution is 2.28. The molecule has 1 heterocycles. The van der Waals surface area contributed by atoms with Crippen molar-refractivity contribution in [1.29, 1.82) is 0 Å². The maximum atomic E-state index is 4.12. The maximum absolute atomic E-state index is 4.12. The highest BCUT2D eigenvalue weighted by Gasteiger charge is 2.11. The summed E-state index contributed by atoms with van der Waals surface area (Å²) in [5.41, 5.74) is 0. The summed E-state index contributed by atoms with van der Waals surface area (Å²) in [7, 11) is 1.98. The van der Waals surface area contributed by atoms with Gasteiger partial charge in [-0.1, -0.05) is 35.3 Å². The number of benzene rings is 2. The van der Waals surface area contributed by atoms with E-state index in [9.17, 15) is 0 Å². The van der Waals surface area contributed by atoms with Crippen LogP contribution in [0.15, 0.2) is 53.7 Å². The van der Waals surface area contributed by atoms with Crippen molar-refractivity contribution < 1.29 is 4.57 Å². The third-order valence-electron chi connectivity index (χ3n) is 3.16. The molecule has 0 fully saturated rings. The number of hydrogen-bond donors (Lipinski definition) is 0. The minimum atomic E-state index is 0.910. The molecule has 0 aliphatic carbocycles. The molecule has 0 atom stereocenters. The largest absolute Gasteiger partial charge is 0.329 e. The van der Waals surface area contributed by atoms with E-state index in [2.05, 4.69) is 54.2 Å². The van der Waals surface area contributed by atoms with Gasteiger partial charge in [-0.25, -0.2) is 4.57 Å². The Kier molecular flexibility index (Phi) is 2.15. The molecule has 2 heteroatoms. The summed E-state index contributed by atoms with van der Waals surface area (Å²) in [6.07, 6.45) is 2.03. The zero-order chi connectivity index (χ0) is 11.8. The van der Waals surface area contributed by atoms with Crippen molar-refractivity contribution in [2.75, 3.05) is 0 Å². The lowest BCUT2D eigenvalue weighted by atomic mass is 10.0. The number of rotatable bonds is 1. The second-order valence-corrected chi connectivity index (χ2v) is 4.16. The molecular weight excluding hydrogens is 208 g/mol. The van der Waals surface area contributed by atoms with Gasteiger partial charge in [0.15, 0.2) is 0 Å². The zero-order valence-corrected chi connectivity index (χ0v) is 9.72. The van der Waals surface area contributed by atoms with Gasteiger partial charge in [-0.05, 0) is 22.9 Å². The van der Waals surface area contributed by atoms with E-state index >= 15 is 0 Å². The number of nitrogens with zero attached hydrogens (tertiary/aromatic N) is 2. The first-order valence-electron chi connectivity index (χ1n) is 5.58. The Balaban J connectivity index is 2.57. The number of aryl methyl sites for hydroxylation is 1. The summed E-state index contributed by atoms with van der Waals surface area (Å²) in [5, 5.41) is 4.88. The van der Waals surface area contributed by atoms with E-state index in [4.69, 9.17) is 0 Å². The normalized spacial score (nSPS) is 10.9. The fourth-order valence-corrected chi connectivity index (χ4v) is 2.31. The SMILES string of the molecule is C=Nc1c2ccc3ccccc3c2cc[n+]1C. The van der Waals surface area contributed by atoms with E-state index in [1.807, 2.05) is 17.8 Å². The van der Waals surface area contributed by atoms with Gasteiger partial charge in [0, 0.05) is 5.39 Å². The van der Waals surface area contributed by atoms with Gasteiger partial charge >= 0.3 is 5.82 Å². The summed E-state index contributed by atoms with van der Waals surface area (Å²) in [6, 6.07) is 14.8. The average molecular weight is 221 g/mol. The first kappa shape index (κ1) is 9.97. The third-order valence-corrected chi connectivity index (χ3v) is 3.16. The number of aromatic nitrogens is 1. The zero-order valence-electron chi connectivity index (χ0n) is 9.72. The van der Waals surface area contributed by atoms with Gasteiger partial charge in [0.1, 0.15) is 6.72 Å². The summed E-state index contributed by atoms with van der Waals surface area (Å²) >= 11 is 0. The quantitative estimate of drug-likeness (QED) is 0.341. The van der Waals surface area contributed by atoms with Crippen LogP contribution in [0.5, 0.6) is 0 Å². The molecule has 0 saturated heterocycles. The van der Waals surface area contributed by atoms with E-state index in [-0.39, 0.29) is 0 Å². The maximum Gasteiger partial charge on any atom is 0.329 e. The van der Waals surface area contributed by atoms with Gasteiger partial charge in [0.2, 0.25) is 0 Å².